The van der Waals surface area contributed by atoms with Gasteiger partial charge in [0.2, 0.25) is 5.89 Å². The van der Waals surface area contributed by atoms with Gasteiger partial charge in [0.05, 0.1) is 5.69 Å². The fourth-order valence-corrected chi connectivity index (χ4v) is 2.78. The van der Waals surface area contributed by atoms with Gasteiger partial charge in [0.25, 0.3) is 0 Å². The van der Waals surface area contributed by atoms with Crippen molar-refractivity contribution in [2.24, 2.45) is 5.92 Å². The summed E-state index contributed by atoms with van der Waals surface area (Å²) in [5.41, 5.74) is 4.70. The second-order valence-corrected chi connectivity index (χ2v) is 6.56. The summed E-state index contributed by atoms with van der Waals surface area (Å²) >= 11 is 0. The number of oxazole rings is 1. The lowest BCUT2D eigenvalue weighted by molar-refractivity contribution is 0.539. The maximum Gasteiger partial charge on any atom is 0.226 e. The third-order valence-electron chi connectivity index (χ3n) is 4.76. The van der Waals surface area contributed by atoms with Crippen molar-refractivity contribution in [3.63, 3.8) is 0 Å². The van der Waals surface area contributed by atoms with E-state index in [4.69, 9.17) is 9.83 Å². The summed E-state index contributed by atoms with van der Waals surface area (Å²) in [7, 11) is 0. The highest BCUT2D eigenvalue weighted by Crippen LogP contribution is 2.26. The Balaban J connectivity index is 1.73. The Morgan fingerprint density at radius 1 is 1.08 bits per heavy atom. The minimum Gasteiger partial charge on any atom is -0.441 e. The SMILES string of the molecule is CC[C@@H](C)C(=N)CCc1nc(-c2ccc(-c3cncnc3)cc2)oc1C. The van der Waals surface area contributed by atoms with Gasteiger partial charge in [-0.1, -0.05) is 26.0 Å². The summed E-state index contributed by atoms with van der Waals surface area (Å²) in [6.45, 7) is 6.15. The number of hydrogen-bond acceptors (Lipinski definition) is 5. The van der Waals surface area contributed by atoms with Crippen LogP contribution in [0.15, 0.2) is 47.4 Å². The van der Waals surface area contributed by atoms with E-state index in [0.717, 1.165) is 53.1 Å². The molecule has 1 atom stereocenters. The van der Waals surface area contributed by atoms with Gasteiger partial charge < -0.3 is 9.83 Å². The summed E-state index contributed by atoms with van der Waals surface area (Å²) in [5, 5.41) is 8.12. The molecular weight excluding hydrogens is 324 g/mol. The zero-order valence-corrected chi connectivity index (χ0v) is 15.5. The summed E-state index contributed by atoms with van der Waals surface area (Å²) < 4.78 is 5.86. The fourth-order valence-electron chi connectivity index (χ4n) is 2.78. The predicted molar refractivity (Wildman–Crippen MR) is 103 cm³/mol. The van der Waals surface area contributed by atoms with Crippen LogP contribution in [0.3, 0.4) is 0 Å². The zero-order valence-electron chi connectivity index (χ0n) is 15.5. The van der Waals surface area contributed by atoms with Crippen LogP contribution in [-0.4, -0.2) is 20.7 Å². The quantitative estimate of drug-likeness (QED) is 0.602. The van der Waals surface area contributed by atoms with Crippen LogP contribution in [0.1, 0.15) is 38.1 Å². The van der Waals surface area contributed by atoms with Crippen molar-refractivity contribution in [1.82, 2.24) is 15.0 Å². The van der Waals surface area contributed by atoms with Gasteiger partial charge >= 0.3 is 0 Å². The van der Waals surface area contributed by atoms with Crippen molar-refractivity contribution in [2.45, 2.75) is 40.0 Å². The second kappa shape index (κ2) is 8.04. The summed E-state index contributed by atoms with van der Waals surface area (Å²) in [5.74, 6) is 1.79. The molecule has 3 rings (SSSR count). The first-order valence-corrected chi connectivity index (χ1v) is 8.98. The highest BCUT2D eigenvalue weighted by atomic mass is 16.4. The Bertz CT molecular complexity index is 869. The summed E-state index contributed by atoms with van der Waals surface area (Å²) in [6.07, 6.45) is 7.59. The molecule has 0 aliphatic rings. The van der Waals surface area contributed by atoms with Gasteiger partial charge in [-0.15, -0.1) is 0 Å². The summed E-state index contributed by atoms with van der Waals surface area (Å²) in [6, 6.07) is 8.04. The second-order valence-electron chi connectivity index (χ2n) is 6.56. The Kier molecular flexibility index (Phi) is 5.56. The first kappa shape index (κ1) is 18.0. The molecule has 5 nitrogen and oxygen atoms in total. The molecule has 0 bridgehead atoms. The van der Waals surface area contributed by atoms with Gasteiger partial charge in [-0.3, -0.25) is 0 Å². The predicted octanol–water partition coefficient (Wildman–Crippen LogP) is 5.11. The van der Waals surface area contributed by atoms with Crippen LogP contribution in [0.2, 0.25) is 0 Å². The number of nitrogens with one attached hydrogen (secondary N) is 1. The Morgan fingerprint density at radius 3 is 2.38 bits per heavy atom. The van der Waals surface area contributed by atoms with E-state index in [0.29, 0.717) is 11.8 Å². The average Bonchev–Trinajstić information content (AvgIpc) is 3.07. The third kappa shape index (κ3) is 4.04. The van der Waals surface area contributed by atoms with Gasteiger partial charge in [0, 0.05) is 29.2 Å². The number of aromatic nitrogens is 3. The van der Waals surface area contributed by atoms with Crippen LogP contribution in [0, 0.1) is 18.3 Å². The van der Waals surface area contributed by atoms with Crippen LogP contribution < -0.4 is 0 Å². The van der Waals surface area contributed by atoms with Crippen molar-refractivity contribution < 1.29 is 4.42 Å². The van der Waals surface area contributed by atoms with E-state index in [9.17, 15) is 0 Å². The minimum atomic E-state index is 0.330. The number of benzene rings is 1. The molecule has 0 fully saturated rings. The first-order valence-electron chi connectivity index (χ1n) is 8.98. The fraction of sp³-hybridized carbons (Fsp3) is 0.333. The van der Waals surface area contributed by atoms with Crippen LogP contribution in [-0.2, 0) is 6.42 Å². The van der Waals surface area contributed by atoms with Crippen LogP contribution in [0.4, 0.5) is 0 Å². The lowest BCUT2D eigenvalue weighted by Gasteiger charge is -2.09. The molecule has 0 aliphatic carbocycles. The molecule has 0 spiro atoms. The number of hydrogen-bond donors (Lipinski definition) is 1. The molecule has 0 amide bonds. The Labute approximate surface area is 154 Å². The van der Waals surface area contributed by atoms with Crippen molar-refractivity contribution in [1.29, 1.82) is 5.41 Å². The van der Waals surface area contributed by atoms with Crippen molar-refractivity contribution in [3.05, 3.63) is 54.4 Å². The number of rotatable bonds is 7. The summed E-state index contributed by atoms with van der Waals surface area (Å²) in [4.78, 5) is 12.8. The Morgan fingerprint density at radius 2 is 1.73 bits per heavy atom. The molecule has 1 aromatic carbocycles. The molecule has 0 aliphatic heterocycles. The third-order valence-corrected chi connectivity index (χ3v) is 4.76. The minimum absolute atomic E-state index is 0.330. The maximum atomic E-state index is 8.12. The molecule has 0 unspecified atom stereocenters. The van der Waals surface area contributed by atoms with Gasteiger partial charge in [-0.2, -0.15) is 0 Å². The molecule has 2 heterocycles. The lowest BCUT2D eigenvalue weighted by atomic mass is 9.98. The maximum absolute atomic E-state index is 8.12. The lowest BCUT2D eigenvalue weighted by Crippen LogP contribution is -2.10. The molecule has 3 aromatic rings. The van der Waals surface area contributed by atoms with E-state index >= 15 is 0 Å². The van der Waals surface area contributed by atoms with Crippen LogP contribution >= 0.6 is 0 Å². The highest BCUT2D eigenvalue weighted by molar-refractivity contribution is 5.83. The molecule has 134 valence electrons. The van der Waals surface area contributed by atoms with Crippen molar-refractivity contribution in [3.8, 4) is 22.6 Å². The monoisotopic (exact) mass is 348 g/mol. The van der Waals surface area contributed by atoms with Gasteiger partial charge in [-0.05, 0) is 49.8 Å². The first-order chi connectivity index (χ1) is 12.6. The van der Waals surface area contributed by atoms with E-state index in [1.165, 1.54) is 6.33 Å². The molecule has 5 heteroatoms. The average molecular weight is 348 g/mol. The molecule has 0 radical (unpaired) electrons. The molecular formula is C21H24N4O. The van der Waals surface area contributed by atoms with Gasteiger partial charge in [-0.25, -0.2) is 15.0 Å². The normalized spacial score (nSPS) is 12.1. The van der Waals surface area contributed by atoms with Crippen molar-refractivity contribution in [2.75, 3.05) is 0 Å². The standard InChI is InChI=1S/C21H24N4O/c1-4-14(2)19(22)9-10-20-15(3)26-21(25-20)17-7-5-16(6-8-17)18-11-23-13-24-12-18/h5-8,11-14,22H,4,9-10H2,1-3H3/t14-/m1/s1. The topological polar surface area (TPSA) is 75.7 Å². The smallest absolute Gasteiger partial charge is 0.226 e. The van der Waals surface area contributed by atoms with Crippen molar-refractivity contribution >= 4 is 5.71 Å². The Hall–Kier alpha value is -2.82. The van der Waals surface area contributed by atoms with E-state index in [2.05, 4.69) is 28.8 Å². The van der Waals surface area contributed by atoms with E-state index in [1.54, 1.807) is 12.4 Å². The van der Waals surface area contributed by atoms with Gasteiger partial charge in [0.1, 0.15) is 12.1 Å². The molecule has 26 heavy (non-hydrogen) atoms. The van der Waals surface area contributed by atoms with Crippen LogP contribution in [0.25, 0.3) is 22.6 Å². The number of nitrogens with zero attached hydrogens (tertiary/aromatic N) is 3. The largest absolute Gasteiger partial charge is 0.441 e. The van der Waals surface area contributed by atoms with E-state index in [1.807, 2.05) is 31.2 Å². The van der Waals surface area contributed by atoms with Gasteiger partial charge in [0.15, 0.2) is 0 Å². The zero-order chi connectivity index (χ0) is 18.5. The molecule has 2 aromatic heterocycles. The molecule has 0 saturated heterocycles. The molecule has 1 N–H and O–H groups in total. The van der Waals surface area contributed by atoms with E-state index < -0.39 is 0 Å². The van der Waals surface area contributed by atoms with E-state index in [-0.39, 0.29) is 0 Å². The molecule has 0 saturated carbocycles. The van der Waals surface area contributed by atoms with Crippen LogP contribution in [0.5, 0.6) is 0 Å². The number of aryl methyl sites for hydroxylation is 2. The highest BCUT2D eigenvalue weighted by Gasteiger charge is 2.14.